The number of nitrogens with zero attached hydrogens (tertiary/aromatic N) is 5. The third-order valence-corrected chi connectivity index (χ3v) is 4.35. The van der Waals surface area contributed by atoms with E-state index in [0.29, 0.717) is 17.9 Å². The number of benzene rings is 1. The fraction of sp³-hybridized carbons (Fsp3) is 0.444. The Morgan fingerprint density at radius 1 is 1.15 bits per heavy atom. The molecule has 0 spiro atoms. The summed E-state index contributed by atoms with van der Waals surface area (Å²) >= 11 is 0. The first-order valence-electron chi connectivity index (χ1n) is 8.92. The summed E-state index contributed by atoms with van der Waals surface area (Å²) in [6, 6.07) is 6.65. The van der Waals surface area contributed by atoms with Crippen LogP contribution < -0.4 is 0 Å². The zero-order chi connectivity index (χ0) is 19.2. The predicted octanol–water partition coefficient (Wildman–Crippen LogP) is 1.48. The van der Waals surface area contributed by atoms with Crippen molar-refractivity contribution in [3.8, 4) is 0 Å². The zero-order valence-electron chi connectivity index (χ0n) is 15.1. The maximum Gasteiger partial charge on any atom is 0.338 e. The van der Waals surface area contributed by atoms with Gasteiger partial charge in [-0.1, -0.05) is 25.5 Å². The Balaban J connectivity index is 1.55. The van der Waals surface area contributed by atoms with Gasteiger partial charge in [0.2, 0.25) is 11.8 Å². The van der Waals surface area contributed by atoms with E-state index in [2.05, 4.69) is 22.4 Å². The molecule has 1 aliphatic heterocycles. The van der Waals surface area contributed by atoms with E-state index in [-0.39, 0.29) is 37.8 Å². The smallest absolute Gasteiger partial charge is 0.338 e. The lowest BCUT2D eigenvalue weighted by atomic mass is 10.1. The van der Waals surface area contributed by atoms with Gasteiger partial charge in [-0.2, -0.15) is 0 Å². The molecule has 1 aromatic carbocycles. The summed E-state index contributed by atoms with van der Waals surface area (Å²) in [7, 11) is 0. The van der Waals surface area contributed by atoms with Gasteiger partial charge in [-0.15, -0.1) is 5.10 Å². The number of likely N-dealkylation sites (tertiary alicyclic amines) is 1. The normalized spacial score (nSPS) is 14.0. The first kappa shape index (κ1) is 18.7. The Labute approximate surface area is 156 Å². The van der Waals surface area contributed by atoms with E-state index < -0.39 is 5.97 Å². The Morgan fingerprint density at radius 2 is 1.85 bits per heavy atom. The van der Waals surface area contributed by atoms with Crippen LogP contribution in [-0.2, 0) is 34.0 Å². The molecule has 0 N–H and O–H groups in total. The molecule has 1 aromatic heterocycles. The molecule has 0 aliphatic carbocycles. The van der Waals surface area contributed by atoms with Gasteiger partial charge in [0.1, 0.15) is 0 Å². The molecule has 1 aliphatic rings. The molecular formula is C18H21N5O4. The van der Waals surface area contributed by atoms with Gasteiger partial charge in [0.25, 0.3) is 0 Å². The number of ether oxygens (including phenoxy) is 1. The number of unbranched alkanes of at least 4 members (excludes halogenated alkanes) is 1. The molecule has 2 amide bonds. The van der Waals surface area contributed by atoms with Crippen LogP contribution in [0.15, 0.2) is 24.3 Å². The van der Waals surface area contributed by atoms with Crippen LogP contribution in [0, 0.1) is 0 Å². The van der Waals surface area contributed by atoms with E-state index >= 15 is 0 Å². The number of tetrazole rings is 1. The first-order chi connectivity index (χ1) is 13.1. The Kier molecular flexibility index (Phi) is 5.90. The number of aryl methyl sites for hydroxylation is 1. The van der Waals surface area contributed by atoms with Crippen LogP contribution in [0.2, 0.25) is 0 Å². The number of carbonyl (C=O) groups excluding carboxylic acids is 3. The largest absolute Gasteiger partial charge is 0.454 e. The number of imide groups is 1. The van der Waals surface area contributed by atoms with Crippen LogP contribution in [0.5, 0.6) is 0 Å². The van der Waals surface area contributed by atoms with Gasteiger partial charge in [-0.05, 0) is 34.5 Å². The molecule has 1 saturated heterocycles. The van der Waals surface area contributed by atoms with Gasteiger partial charge >= 0.3 is 5.97 Å². The van der Waals surface area contributed by atoms with E-state index in [0.717, 1.165) is 18.4 Å². The molecule has 142 valence electrons. The second-order valence-corrected chi connectivity index (χ2v) is 6.32. The van der Waals surface area contributed by atoms with Crippen molar-refractivity contribution in [2.75, 3.05) is 0 Å². The van der Waals surface area contributed by atoms with Gasteiger partial charge in [-0.3, -0.25) is 14.5 Å². The molecule has 9 heteroatoms. The minimum Gasteiger partial charge on any atom is -0.454 e. The second-order valence-electron chi connectivity index (χ2n) is 6.32. The van der Waals surface area contributed by atoms with Crippen LogP contribution >= 0.6 is 0 Å². The molecule has 9 nitrogen and oxygen atoms in total. The molecule has 27 heavy (non-hydrogen) atoms. The number of esters is 1. The van der Waals surface area contributed by atoms with Gasteiger partial charge in [0, 0.05) is 19.4 Å². The van der Waals surface area contributed by atoms with Crippen molar-refractivity contribution in [3.05, 3.63) is 41.2 Å². The summed E-state index contributed by atoms with van der Waals surface area (Å²) in [4.78, 5) is 36.8. The van der Waals surface area contributed by atoms with Gasteiger partial charge < -0.3 is 4.74 Å². The van der Waals surface area contributed by atoms with E-state index in [1.165, 1.54) is 4.90 Å². The summed E-state index contributed by atoms with van der Waals surface area (Å²) in [6.45, 7) is 2.97. The van der Waals surface area contributed by atoms with Crippen molar-refractivity contribution in [2.45, 2.75) is 52.3 Å². The van der Waals surface area contributed by atoms with Crippen molar-refractivity contribution in [1.29, 1.82) is 0 Å². The lowest BCUT2D eigenvalue weighted by Gasteiger charge is -2.13. The highest BCUT2D eigenvalue weighted by molar-refractivity contribution is 6.01. The molecule has 0 bridgehead atoms. The van der Waals surface area contributed by atoms with Crippen molar-refractivity contribution in [1.82, 2.24) is 25.1 Å². The van der Waals surface area contributed by atoms with Gasteiger partial charge in [0.05, 0.1) is 12.1 Å². The Bertz CT molecular complexity index is 815. The first-order valence-corrected chi connectivity index (χ1v) is 8.92. The number of hydrogen-bond donors (Lipinski definition) is 0. The minimum atomic E-state index is -0.486. The summed E-state index contributed by atoms with van der Waals surface area (Å²) in [5, 5.41) is 11.4. The molecule has 2 heterocycles. The van der Waals surface area contributed by atoms with Crippen molar-refractivity contribution < 1.29 is 19.1 Å². The molecule has 3 rings (SSSR count). The molecule has 0 unspecified atom stereocenters. The SMILES string of the molecule is CCCCn1nnnc1COC(=O)c1ccc(CN2C(=O)CCC2=O)cc1. The van der Waals surface area contributed by atoms with Crippen LogP contribution in [0.25, 0.3) is 0 Å². The molecule has 2 aromatic rings. The van der Waals surface area contributed by atoms with Crippen molar-refractivity contribution in [2.24, 2.45) is 0 Å². The van der Waals surface area contributed by atoms with Crippen LogP contribution in [0.3, 0.4) is 0 Å². The predicted molar refractivity (Wildman–Crippen MR) is 93.1 cm³/mol. The molecule has 0 saturated carbocycles. The average Bonchev–Trinajstić information content (AvgIpc) is 3.26. The lowest BCUT2D eigenvalue weighted by molar-refractivity contribution is -0.139. The van der Waals surface area contributed by atoms with E-state index in [9.17, 15) is 14.4 Å². The Hall–Kier alpha value is -3.10. The lowest BCUT2D eigenvalue weighted by Crippen LogP contribution is -2.28. The van der Waals surface area contributed by atoms with Crippen molar-refractivity contribution in [3.63, 3.8) is 0 Å². The number of hydrogen-bond acceptors (Lipinski definition) is 7. The Morgan fingerprint density at radius 3 is 2.52 bits per heavy atom. The standard InChI is InChI=1S/C18H21N5O4/c1-2-3-10-23-15(19-20-21-23)12-27-18(26)14-6-4-13(5-7-14)11-22-16(24)8-9-17(22)25/h4-7H,2-3,8-12H2,1H3. The number of aromatic nitrogens is 4. The van der Waals surface area contributed by atoms with Crippen molar-refractivity contribution >= 4 is 17.8 Å². The third kappa shape index (κ3) is 4.55. The van der Waals surface area contributed by atoms with Gasteiger partial charge in [0.15, 0.2) is 12.4 Å². The topological polar surface area (TPSA) is 107 Å². The molecule has 1 fully saturated rings. The summed E-state index contributed by atoms with van der Waals surface area (Å²) in [5.74, 6) is -0.312. The number of amides is 2. The van der Waals surface area contributed by atoms with E-state index in [4.69, 9.17) is 4.74 Å². The van der Waals surface area contributed by atoms with Gasteiger partial charge in [-0.25, -0.2) is 9.48 Å². The zero-order valence-corrected chi connectivity index (χ0v) is 15.1. The van der Waals surface area contributed by atoms with Crippen LogP contribution in [0.1, 0.15) is 54.4 Å². The summed E-state index contributed by atoms with van der Waals surface area (Å²) in [5.41, 5.74) is 1.16. The highest BCUT2D eigenvalue weighted by atomic mass is 16.5. The maximum absolute atomic E-state index is 12.2. The monoisotopic (exact) mass is 371 g/mol. The number of carbonyl (C=O) groups is 3. The van der Waals surface area contributed by atoms with Crippen LogP contribution in [-0.4, -0.2) is 42.9 Å². The maximum atomic E-state index is 12.2. The highest BCUT2D eigenvalue weighted by Crippen LogP contribution is 2.16. The fourth-order valence-corrected chi connectivity index (χ4v) is 2.75. The minimum absolute atomic E-state index is 0.00587. The summed E-state index contributed by atoms with van der Waals surface area (Å²) < 4.78 is 6.91. The van der Waals surface area contributed by atoms with E-state index in [1.807, 2.05) is 0 Å². The molecule has 0 atom stereocenters. The second kappa shape index (κ2) is 8.52. The fourth-order valence-electron chi connectivity index (χ4n) is 2.75. The molecular weight excluding hydrogens is 350 g/mol. The van der Waals surface area contributed by atoms with Crippen LogP contribution in [0.4, 0.5) is 0 Å². The van der Waals surface area contributed by atoms with E-state index in [1.54, 1.807) is 28.9 Å². The third-order valence-electron chi connectivity index (χ3n) is 4.35. The number of rotatable bonds is 8. The molecule has 0 radical (unpaired) electrons. The average molecular weight is 371 g/mol. The summed E-state index contributed by atoms with van der Waals surface area (Å²) in [6.07, 6.45) is 2.48. The highest BCUT2D eigenvalue weighted by Gasteiger charge is 2.28. The quantitative estimate of drug-likeness (QED) is 0.511.